The Labute approximate surface area is 146 Å². The van der Waals surface area contributed by atoms with Gasteiger partial charge in [-0.1, -0.05) is 74.5 Å². The van der Waals surface area contributed by atoms with Crippen molar-refractivity contribution in [1.82, 2.24) is 10.3 Å². The molecule has 0 spiro atoms. The third kappa shape index (κ3) is 2.35. The molecule has 4 rings (SSSR count). The van der Waals surface area contributed by atoms with Gasteiger partial charge >= 0.3 is 0 Å². The number of fused-ring (bicyclic) bond motifs is 1. The summed E-state index contributed by atoms with van der Waals surface area (Å²) in [6.45, 7) is 6.56. The molecule has 1 N–H and O–H groups in total. The largest absolute Gasteiger partial charge is 0.354 e. The van der Waals surface area contributed by atoms with Gasteiger partial charge in [0.25, 0.3) is 0 Å². The Kier molecular flexibility index (Phi) is 3.46. The lowest BCUT2D eigenvalue weighted by molar-refractivity contribution is 0.290. The van der Waals surface area contributed by atoms with Gasteiger partial charge in [-0.25, -0.2) is 9.62 Å². The lowest BCUT2D eigenvalue weighted by Crippen LogP contribution is -2.50. The van der Waals surface area contributed by atoms with E-state index in [1.807, 2.05) is 36.4 Å². The predicted octanol–water partition coefficient (Wildman–Crippen LogP) is 4.56. The molecule has 5 heteroatoms. The quantitative estimate of drug-likeness (QED) is 0.747. The van der Waals surface area contributed by atoms with Crippen LogP contribution in [0.4, 0.5) is 11.6 Å². The van der Waals surface area contributed by atoms with Crippen LogP contribution < -0.4 is 5.32 Å². The Morgan fingerprint density at radius 2 is 1.48 bits per heavy atom. The first-order chi connectivity index (χ1) is 12.0. The number of nitrogens with zero attached hydrogens (tertiary/aromatic N) is 3. The summed E-state index contributed by atoms with van der Waals surface area (Å²) in [4.78, 5) is 4.83. The van der Waals surface area contributed by atoms with E-state index in [-0.39, 0.29) is 5.41 Å². The molecule has 1 aromatic heterocycles. The summed E-state index contributed by atoms with van der Waals surface area (Å²) >= 11 is 0. The van der Waals surface area contributed by atoms with Crippen molar-refractivity contribution in [2.45, 2.75) is 26.3 Å². The van der Waals surface area contributed by atoms with Crippen molar-refractivity contribution in [1.29, 1.82) is 0 Å². The van der Waals surface area contributed by atoms with Gasteiger partial charge in [-0.15, -0.1) is 0 Å². The maximum atomic E-state index is 4.93. The molecule has 3 aromatic rings. The van der Waals surface area contributed by atoms with Gasteiger partial charge < -0.3 is 5.32 Å². The Morgan fingerprint density at radius 3 is 2.16 bits per heavy atom. The zero-order valence-corrected chi connectivity index (χ0v) is 14.5. The predicted molar refractivity (Wildman–Crippen MR) is 98.1 cm³/mol. The van der Waals surface area contributed by atoms with Crippen LogP contribution in [0.2, 0.25) is 0 Å². The number of hydrogen-bond donors (Lipinski definition) is 1. The summed E-state index contributed by atoms with van der Waals surface area (Å²) in [6.07, 6.45) is 0. The van der Waals surface area contributed by atoms with Crippen LogP contribution >= 0.6 is 0 Å². The second-order valence-corrected chi connectivity index (χ2v) is 7.00. The lowest BCUT2D eigenvalue weighted by Gasteiger charge is -2.45. The van der Waals surface area contributed by atoms with Crippen LogP contribution in [0.5, 0.6) is 0 Å². The monoisotopic (exact) mass is 332 g/mol. The highest BCUT2D eigenvalue weighted by atomic mass is 16.6. The molecule has 0 fully saturated rings. The highest BCUT2D eigenvalue weighted by Crippen LogP contribution is 2.48. The van der Waals surface area contributed by atoms with E-state index >= 15 is 0 Å². The normalized spacial score (nSPS) is 21.6. The molecule has 1 atom stereocenters. The second-order valence-electron chi connectivity index (χ2n) is 7.00. The van der Waals surface area contributed by atoms with Crippen molar-refractivity contribution >= 4 is 17.3 Å². The number of rotatable bonds is 2. The smallest absolute Gasteiger partial charge is 0.241 e. The minimum Gasteiger partial charge on any atom is -0.354 e. The first kappa shape index (κ1) is 15.6. The van der Waals surface area contributed by atoms with Gasteiger partial charge in [0.1, 0.15) is 0 Å². The van der Waals surface area contributed by atoms with E-state index in [1.54, 1.807) is 0 Å². The molecule has 1 aliphatic heterocycles. The van der Waals surface area contributed by atoms with Crippen molar-refractivity contribution in [3.8, 4) is 0 Å². The van der Waals surface area contributed by atoms with Crippen molar-refractivity contribution in [3.63, 3.8) is 0 Å². The van der Waals surface area contributed by atoms with Gasteiger partial charge in [0.15, 0.2) is 0 Å². The summed E-state index contributed by atoms with van der Waals surface area (Å²) in [5.74, 6) is 1.04. The highest BCUT2D eigenvalue weighted by molar-refractivity contribution is 6.07. The molecule has 0 bridgehead atoms. The van der Waals surface area contributed by atoms with Gasteiger partial charge in [0.05, 0.1) is 11.3 Å². The minimum atomic E-state index is -0.452. The molecule has 5 nitrogen and oxygen atoms in total. The molecule has 2 aromatic carbocycles. The summed E-state index contributed by atoms with van der Waals surface area (Å²) in [6, 6.07) is 20.6. The van der Waals surface area contributed by atoms with E-state index in [9.17, 15) is 0 Å². The van der Waals surface area contributed by atoms with Crippen molar-refractivity contribution < 1.29 is 4.63 Å². The fourth-order valence-corrected chi connectivity index (χ4v) is 3.44. The fourth-order valence-electron chi connectivity index (χ4n) is 3.44. The number of aliphatic imine (C=N–C) groups is 1. The summed E-state index contributed by atoms with van der Waals surface area (Å²) in [7, 11) is 0. The molecule has 0 saturated carbocycles. The van der Waals surface area contributed by atoms with Gasteiger partial charge in [0.2, 0.25) is 11.6 Å². The maximum Gasteiger partial charge on any atom is 0.241 e. The first-order valence-corrected chi connectivity index (χ1v) is 8.33. The van der Waals surface area contributed by atoms with Crippen LogP contribution in [0.15, 0.2) is 70.3 Å². The summed E-state index contributed by atoms with van der Waals surface area (Å²) < 4.78 is 4.93. The first-order valence-electron chi connectivity index (χ1n) is 8.33. The van der Waals surface area contributed by atoms with Crippen molar-refractivity contribution in [2.75, 3.05) is 5.32 Å². The number of nitrogens with one attached hydrogen (secondary N) is 1. The molecule has 0 radical (unpaired) electrons. The number of anilines is 1. The third-order valence-electron chi connectivity index (χ3n) is 5.30. The molecule has 0 aliphatic carbocycles. The Bertz CT molecular complexity index is 915. The standard InChI is InChI=1S/C20H20N4O/c1-19(2)16(14-10-6-4-7-11-14)21-17-18(24-25-23-17)22-20(19,3)15-12-8-5-9-13-15/h4-13H,1-3H3,(H,22,24)/t20-/m1/s1. The Balaban J connectivity index is 1.98. The number of benzene rings is 2. The minimum absolute atomic E-state index is 0.342. The van der Waals surface area contributed by atoms with E-state index in [4.69, 9.17) is 9.62 Å². The molecule has 0 amide bonds. The van der Waals surface area contributed by atoms with E-state index in [0.29, 0.717) is 11.6 Å². The van der Waals surface area contributed by atoms with Crippen LogP contribution in [0.1, 0.15) is 31.9 Å². The van der Waals surface area contributed by atoms with E-state index in [2.05, 4.69) is 60.7 Å². The summed E-state index contributed by atoms with van der Waals surface area (Å²) in [5.41, 5.74) is 2.37. The topological polar surface area (TPSA) is 63.3 Å². The van der Waals surface area contributed by atoms with Crippen molar-refractivity contribution in [2.24, 2.45) is 10.4 Å². The summed E-state index contributed by atoms with van der Waals surface area (Å²) in [5, 5.41) is 11.5. The second kappa shape index (κ2) is 5.55. The molecule has 1 aliphatic rings. The Morgan fingerprint density at radius 1 is 0.840 bits per heavy atom. The molecule has 126 valence electrons. The number of hydrogen-bond acceptors (Lipinski definition) is 5. The van der Waals surface area contributed by atoms with Gasteiger partial charge in [-0.05, 0) is 28.4 Å². The van der Waals surface area contributed by atoms with Gasteiger partial charge in [-0.2, -0.15) is 0 Å². The maximum absolute atomic E-state index is 4.93. The average molecular weight is 332 g/mol. The molecule has 0 unspecified atom stereocenters. The fraction of sp³-hybridized carbons (Fsp3) is 0.250. The van der Waals surface area contributed by atoms with Crippen LogP contribution in [0.3, 0.4) is 0 Å². The molecular weight excluding hydrogens is 312 g/mol. The molecule has 0 saturated heterocycles. The van der Waals surface area contributed by atoms with E-state index in [0.717, 1.165) is 16.8 Å². The highest BCUT2D eigenvalue weighted by Gasteiger charge is 2.49. The molecule has 2 heterocycles. The lowest BCUT2D eigenvalue weighted by atomic mass is 9.65. The molecule has 25 heavy (non-hydrogen) atoms. The van der Waals surface area contributed by atoms with Gasteiger partial charge in [-0.3, -0.25) is 0 Å². The number of aromatic nitrogens is 2. The van der Waals surface area contributed by atoms with E-state index < -0.39 is 5.54 Å². The Hall–Kier alpha value is -2.95. The van der Waals surface area contributed by atoms with Crippen molar-refractivity contribution in [3.05, 3.63) is 71.8 Å². The van der Waals surface area contributed by atoms with Crippen LogP contribution in [-0.4, -0.2) is 16.0 Å². The van der Waals surface area contributed by atoms with Gasteiger partial charge in [0, 0.05) is 5.41 Å². The van der Waals surface area contributed by atoms with E-state index in [1.165, 1.54) is 0 Å². The SMILES string of the molecule is CC1(C)C(c2ccccc2)=Nc2nonc2N[C@]1(C)c1ccccc1. The van der Waals surface area contributed by atoms with Crippen LogP contribution in [0, 0.1) is 5.41 Å². The molecular formula is C20H20N4O. The van der Waals surface area contributed by atoms with Crippen LogP contribution in [0.25, 0.3) is 0 Å². The van der Waals surface area contributed by atoms with Crippen LogP contribution in [-0.2, 0) is 5.54 Å². The third-order valence-corrected chi connectivity index (χ3v) is 5.30. The average Bonchev–Trinajstić information content (AvgIpc) is 3.04. The zero-order chi connectivity index (χ0) is 17.5. The zero-order valence-electron chi connectivity index (χ0n) is 14.5.